The van der Waals surface area contributed by atoms with Crippen LogP contribution < -0.4 is 5.73 Å². The molecular formula is C11H20N2O. The third kappa shape index (κ3) is 2.58. The highest BCUT2D eigenvalue weighted by Gasteiger charge is 2.26. The van der Waals surface area contributed by atoms with Crippen molar-refractivity contribution in [3.05, 3.63) is 12.7 Å². The monoisotopic (exact) mass is 196 g/mol. The van der Waals surface area contributed by atoms with Crippen molar-refractivity contribution in [2.45, 2.75) is 44.7 Å². The van der Waals surface area contributed by atoms with E-state index in [1.165, 1.54) is 12.8 Å². The first kappa shape index (κ1) is 11.2. The van der Waals surface area contributed by atoms with E-state index in [1.54, 1.807) is 13.0 Å². The summed E-state index contributed by atoms with van der Waals surface area (Å²) in [7, 11) is 0. The molecule has 0 bridgehead atoms. The largest absolute Gasteiger partial charge is 0.335 e. The molecule has 1 aliphatic rings. The van der Waals surface area contributed by atoms with Crippen LogP contribution in [0.5, 0.6) is 0 Å². The Kier molecular flexibility index (Phi) is 4.14. The number of nitrogens with zero attached hydrogens (tertiary/aromatic N) is 1. The van der Waals surface area contributed by atoms with Crippen LogP contribution in [0.15, 0.2) is 12.7 Å². The summed E-state index contributed by atoms with van der Waals surface area (Å²) >= 11 is 0. The molecule has 2 N–H and O–H groups in total. The zero-order valence-electron chi connectivity index (χ0n) is 8.91. The minimum absolute atomic E-state index is 0.0526. The molecule has 0 heterocycles. The van der Waals surface area contributed by atoms with E-state index in [4.69, 9.17) is 5.73 Å². The Morgan fingerprint density at radius 1 is 1.64 bits per heavy atom. The van der Waals surface area contributed by atoms with Crippen molar-refractivity contribution in [1.29, 1.82) is 0 Å². The Morgan fingerprint density at radius 2 is 2.21 bits per heavy atom. The smallest absolute Gasteiger partial charge is 0.239 e. The molecule has 1 rings (SSSR count). The first-order valence-electron chi connectivity index (χ1n) is 5.33. The maximum absolute atomic E-state index is 11.8. The van der Waals surface area contributed by atoms with Crippen molar-refractivity contribution in [3.63, 3.8) is 0 Å². The van der Waals surface area contributed by atoms with Gasteiger partial charge in [0.05, 0.1) is 6.04 Å². The average molecular weight is 196 g/mol. The first-order chi connectivity index (χ1) is 6.66. The molecule has 1 saturated carbocycles. The number of carbonyl (C=O) groups is 1. The fourth-order valence-corrected chi connectivity index (χ4v) is 2.04. The third-order valence-corrected chi connectivity index (χ3v) is 2.76. The van der Waals surface area contributed by atoms with E-state index in [0.717, 1.165) is 12.8 Å². The Morgan fingerprint density at radius 3 is 2.64 bits per heavy atom. The summed E-state index contributed by atoms with van der Waals surface area (Å²) in [5, 5.41) is 0. The predicted octanol–water partition coefficient (Wildman–Crippen LogP) is 1.29. The molecule has 1 aliphatic carbocycles. The summed E-state index contributed by atoms with van der Waals surface area (Å²) in [6.45, 7) is 6.05. The topological polar surface area (TPSA) is 46.3 Å². The Hall–Kier alpha value is -0.830. The molecule has 3 nitrogen and oxygen atoms in total. The summed E-state index contributed by atoms with van der Waals surface area (Å²) in [4.78, 5) is 13.7. The second-order valence-electron chi connectivity index (χ2n) is 4.01. The van der Waals surface area contributed by atoms with Crippen molar-refractivity contribution < 1.29 is 4.79 Å². The quantitative estimate of drug-likeness (QED) is 0.689. The van der Waals surface area contributed by atoms with Gasteiger partial charge in [0, 0.05) is 12.6 Å². The van der Waals surface area contributed by atoms with Crippen molar-refractivity contribution in [3.8, 4) is 0 Å². The van der Waals surface area contributed by atoms with Gasteiger partial charge in [-0.2, -0.15) is 0 Å². The van der Waals surface area contributed by atoms with Gasteiger partial charge < -0.3 is 10.6 Å². The molecule has 1 atom stereocenters. The second kappa shape index (κ2) is 5.15. The van der Waals surface area contributed by atoms with Crippen molar-refractivity contribution in [2.75, 3.05) is 6.54 Å². The van der Waals surface area contributed by atoms with E-state index in [-0.39, 0.29) is 5.91 Å². The van der Waals surface area contributed by atoms with Crippen LogP contribution in [0.1, 0.15) is 32.6 Å². The molecule has 0 aromatic rings. The van der Waals surface area contributed by atoms with E-state index in [9.17, 15) is 4.79 Å². The zero-order chi connectivity index (χ0) is 10.6. The molecule has 3 heteroatoms. The lowest BCUT2D eigenvalue weighted by Crippen LogP contribution is -2.46. The van der Waals surface area contributed by atoms with E-state index in [1.807, 2.05) is 4.90 Å². The summed E-state index contributed by atoms with van der Waals surface area (Å²) in [5.74, 6) is 0.0526. The van der Waals surface area contributed by atoms with Crippen molar-refractivity contribution in [2.24, 2.45) is 5.73 Å². The van der Waals surface area contributed by atoms with Crippen LogP contribution >= 0.6 is 0 Å². The van der Waals surface area contributed by atoms with Crippen LogP contribution in [0.4, 0.5) is 0 Å². The molecule has 1 fully saturated rings. The lowest BCUT2D eigenvalue weighted by Gasteiger charge is -2.29. The maximum Gasteiger partial charge on any atom is 0.239 e. The molecule has 0 saturated heterocycles. The molecule has 0 aromatic carbocycles. The van der Waals surface area contributed by atoms with Gasteiger partial charge in [0.25, 0.3) is 0 Å². The van der Waals surface area contributed by atoms with E-state index in [0.29, 0.717) is 12.6 Å². The number of rotatable bonds is 4. The summed E-state index contributed by atoms with van der Waals surface area (Å²) in [5.41, 5.74) is 5.61. The number of hydrogen-bond donors (Lipinski definition) is 1. The van der Waals surface area contributed by atoms with Gasteiger partial charge in [0.2, 0.25) is 5.91 Å². The van der Waals surface area contributed by atoms with Crippen LogP contribution in [0, 0.1) is 0 Å². The Bertz CT molecular complexity index is 207. The Balaban J connectivity index is 2.61. The zero-order valence-corrected chi connectivity index (χ0v) is 8.91. The fourth-order valence-electron chi connectivity index (χ4n) is 2.04. The lowest BCUT2D eigenvalue weighted by atomic mass is 10.2. The summed E-state index contributed by atoms with van der Waals surface area (Å²) in [6.07, 6.45) is 6.46. The SMILES string of the molecule is C=CCN(C(=O)C(C)N)C1CCCC1. The Labute approximate surface area is 86.0 Å². The molecule has 0 spiro atoms. The highest BCUT2D eigenvalue weighted by Crippen LogP contribution is 2.23. The molecule has 80 valence electrons. The third-order valence-electron chi connectivity index (χ3n) is 2.76. The normalized spacial score (nSPS) is 19.3. The molecule has 0 radical (unpaired) electrons. The molecule has 1 amide bonds. The minimum atomic E-state index is -0.393. The van der Waals surface area contributed by atoms with E-state index >= 15 is 0 Å². The molecule has 0 aliphatic heterocycles. The number of hydrogen-bond acceptors (Lipinski definition) is 2. The van der Waals surface area contributed by atoms with Gasteiger partial charge in [-0.1, -0.05) is 18.9 Å². The van der Waals surface area contributed by atoms with E-state index < -0.39 is 6.04 Å². The van der Waals surface area contributed by atoms with Gasteiger partial charge in [-0.15, -0.1) is 6.58 Å². The van der Waals surface area contributed by atoms with Crippen LogP contribution in [0.3, 0.4) is 0 Å². The molecule has 14 heavy (non-hydrogen) atoms. The molecular weight excluding hydrogens is 176 g/mol. The fraction of sp³-hybridized carbons (Fsp3) is 0.727. The average Bonchev–Trinajstić information content (AvgIpc) is 2.65. The van der Waals surface area contributed by atoms with Gasteiger partial charge in [-0.3, -0.25) is 4.79 Å². The summed E-state index contributed by atoms with van der Waals surface area (Å²) < 4.78 is 0. The maximum atomic E-state index is 11.8. The predicted molar refractivity (Wildman–Crippen MR) is 57.8 cm³/mol. The van der Waals surface area contributed by atoms with Crippen LogP contribution in [-0.4, -0.2) is 29.4 Å². The highest BCUT2D eigenvalue weighted by atomic mass is 16.2. The highest BCUT2D eigenvalue weighted by molar-refractivity contribution is 5.81. The van der Waals surface area contributed by atoms with Crippen LogP contribution in [0.2, 0.25) is 0 Å². The van der Waals surface area contributed by atoms with Gasteiger partial charge in [0.15, 0.2) is 0 Å². The van der Waals surface area contributed by atoms with Gasteiger partial charge in [0.1, 0.15) is 0 Å². The van der Waals surface area contributed by atoms with Crippen molar-refractivity contribution >= 4 is 5.91 Å². The van der Waals surface area contributed by atoms with Gasteiger partial charge in [-0.05, 0) is 19.8 Å². The van der Waals surface area contributed by atoms with E-state index in [2.05, 4.69) is 6.58 Å². The van der Waals surface area contributed by atoms with Gasteiger partial charge in [-0.25, -0.2) is 0 Å². The van der Waals surface area contributed by atoms with Gasteiger partial charge >= 0.3 is 0 Å². The summed E-state index contributed by atoms with van der Waals surface area (Å²) in [6, 6.07) is 0.00190. The number of nitrogens with two attached hydrogens (primary N) is 1. The molecule has 1 unspecified atom stereocenters. The van der Waals surface area contributed by atoms with Crippen LogP contribution in [-0.2, 0) is 4.79 Å². The first-order valence-corrected chi connectivity index (χ1v) is 5.33. The lowest BCUT2D eigenvalue weighted by molar-refractivity contribution is -0.133. The molecule has 0 aromatic heterocycles. The minimum Gasteiger partial charge on any atom is -0.335 e. The number of carbonyl (C=O) groups excluding carboxylic acids is 1. The standard InChI is InChI=1S/C11H20N2O/c1-3-8-13(11(14)9(2)12)10-6-4-5-7-10/h3,9-10H,1,4-8,12H2,2H3. The number of amides is 1. The van der Waals surface area contributed by atoms with Crippen LogP contribution in [0.25, 0.3) is 0 Å². The second-order valence-corrected chi connectivity index (χ2v) is 4.01. The van der Waals surface area contributed by atoms with Crippen molar-refractivity contribution in [1.82, 2.24) is 4.90 Å².